The van der Waals surface area contributed by atoms with Crippen LogP contribution in [-0.4, -0.2) is 43.7 Å². The van der Waals surface area contributed by atoms with Crippen molar-refractivity contribution in [1.29, 1.82) is 0 Å². The highest BCUT2D eigenvalue weighted by atomic mass is 16.6. The number of carbonyl (C=O) groups excluding carboxylic acids is 1. The SMILES string of the molecule is COc1cccc(C(OC2CC(NC(=O)OCc3ccccc3)CC2O)(c2ccccc2)c2ccccc2)c1OC. The highest BCUT2D eigenvalue weighted by Crippen LogP contribution is 2.49. The first-order valence-electron chi connectivity index (χ1n) is 13.7. The minimum absolute atomic E-state index is 0.169. The highest BCUT2D eigenvalue weighted by Gasteiger charge is 2.46. The van der Waals surface area contributed by atoms with E-state index in [1.807, 2.05) is 109 Å². The Kier molecular flexibility index (Phi) is 8.87. The van der Waals surface area contributed by atoms with E-state index < -0.39 is 23.9 Å². The molecule has 1 aliphatic rings. The Bertz CT molecular complexity index is 1370. The van der Waals surface area contributed by atoms with Gasteiger partial charge in [-0.05, 0) is 35.6 Å². The summed E-state index contributed by atoms with van der Waals surface area (Å²) in [7, 11) is 3.20. The number of aliphatic hydroxyl groups excluding tert-OH is 1. The number of rotatable bonds is 10. The first-order chi connectivity index (χ1) is 20.0. The van der Waals surface area contributed by atoms with Crippen LogP contribution in [0.2, 0.25) is 0 Å². The Morgan fingerprint density at radius 1 is 0.805 bits per heavy atom. The second kappa shape index (κ2) is 12.9. The molecule has 0 bridgehead atoms. The highest BCUT2D eigenvalue weighted by molar-refractivity contribution is 5.67. The van der Waals surface area contributed by atoms with Crippen molar-refractivity contribution in [3.8, 4) is 11.5 Å². The van der Waals surface area contributed by atoms with Gasteiger partial charge in [-0.2, -0.15) is 0 Å². The van der Waals surface area contributed by atoms with Crippen molar-refractivity contribution >= 4 is 6.09 Å². The lowest BCUT2D eigenvalue weighted by Gasteiger charge is -2.39. The van der Waals surface area contributed by atoms with Gasteiger partial charge >= 0.3 is 6.09 Å². The van der Waals surface area contributed by atoms with Gasteiger partial charge in [0.05, 0.1) is 26.4 Å². The van der Waals surface area contributed by atoms with Gasteiger partial charge in [-0.25, -0.2) is 4.79 Å². The third-order valence-electron chi connectivity index (χ3n) is 7.48. The minimum atomic E-state index is -1.16. The molecule has 0 heterocycles. The summed E-state index contributed by atoms with van der Waals surface area (Å²) in [5.74, 6) is 1.10. The maximum absolute atomic E-state index is 12.6. The number of alkyl carbamates (subject to hydrolysis) is 1. The van der Waals surface area contributed by atoms with Gasteiger partial charge in [-0.15, -0.1) is 0 Å². The number of nitrogens with one attached hydrogen (secondary N) is 1. The van der Waals surface area contributed by atoms with E-state index in [-0.39, 0.29) is 12.6 Å². The number of hydrogen-bond donors (Lipinski definition) is 2. The number of aliphatic hydroxyl groups is 1. The third-order valence-corrected chi connectivity index (χ3v) is 7.48. The molecular weight excluding hydrogens is 518 g/mol. The summed E-state index contributed by atoms with van der Waals surface area (Å²) in [5, 5.41) is 14.1. The quantitative estimate of drug-likeness (QED) is 0.240. The molecule has 0 radical (unpaired) electrons. The molecule has 4 aromatic rings. The first kappa shape index (κ1) is 28.2. The van der Waals surface area contributed by atoms with Crippen LogP contribution in [0.25, 0.3) is 0 Å². The van der Waals surface area contributed by atoms with Crippen LogP contribution in [-0.2, 0) is 21.7 Å². The summed E-state index contributed by atoms with van der Waals surface area (Å²) >= 11 is 0. The number of ether oxygens (including phenoxy) is 4. The Balaban J connectivity index is 1.48. The molecule has 0 spiro atoms. The van der Waals surface area contributed by atoms with Crippen LogP contribution in [0.15, 0.2) is 109 Å². The largest absolute Gasteiger partial charge is 0.493 e. The van der Waals surface area contributed by atoms with Gasteiger partial charge in [0, 0.05) is 11.6 Å². The topological polar surface area (TPSA) is 86.3 Å². The van der Waals surface area contributed by atoms with Crippen molar-refractivity contribution in [2.75, 3.05) is 14.2 Å². The molecule has 41 heavy (non-hydrogen) atoms. The summed E-state index contributed by atoms with van der Waals surface area (Å²) in [6.45, 7) is 0.169. The van der Waals surface area contributed by atoms with Crippen LogP contribution in [0.4, 0.5) is 4.79 Å². The van der Waals surface area contributed by atoms with E-state index in [1.165, 1.54) is 0 Å². The minimum Gasteiger partial charge on any atom is -0.493 e. The molecule has 212 valence electrons. The maximum Gasteiger partial charge on any atom is 0.407 e. The van der Waals surface area contributed by atoms with E-state index in [0.29, 0.717) is 24.3 Å². The monoisotopic (exact) mass is 553 g/mol. The molecule has 0 aliphatic heterocycles. The van der Waals surface area contributed by atoms with E-state index in [2.05, 4.69) is 5.32 Å². The number of amides is 1. The molecule has 3 atom stereocenters. The smallest absolute Gasteiger partial charge is 0.407 e. The summed E-state index contributed by atoms with van der Waals surface area (Å²) in [5.41, 5.74) is 2.21. The molecule has 0 saturated heterocycles. The van der Waals surface area contributed by atoms with E-state index in [4.69, 9.17) is 18.9 Å². The molecule has 1 fully saturated rings. The van der Waals surface area contributed by atoms with Gasteiger partial charge in [0.25, 0.3) is 0 Å². The number of hydrogen-bond acceptors (Lipinski definition) is 6. The molecule has 1 amide bonds. The van der Waals surface area contributed by atoms with Crippen LogP contribution < -0.4 is 14.8 Å². The third kappa shape index (κ3) is 6.06. The average Bonchev–Trinajstić information content (AvgIpc) is 3.37. The average molecular weight is 554 g/mol. The predicted molar refractivity (Wildman–Crippen MR) is 156 cm³/mol. The van der Waals surface area contributed by atoms with Crippen LogP contribution >= 0.6 is 0 Å². The van der Waals surface area contributed by atoms with Gasteiger partial charge < -0.3 is 29.4 Å². The molecule has 2 N–H and O–H groups in total. The second-order valence-electron chi connectivity index (χ2n) is 10.1. The molecule has 1 saturated carbocycles. The molecule has 3 unspecified atom stereocenters. The van der Waals surface area contributed by atoms with E-state index in [0.717, 1.165) is 22.3 Å². The van der Waals surface area contributed by atoms with Crippen molar-refractivity contribution in [2.24, 2.45) is 0 Å². The van der Waals surface area contributed by atoms with Crippen LogP contribution in [0, 0.1) is 0 Å². The fourth-order valence-corrected chi connectivity index (χ4v) is 5.57. The molecule has 7 heteroatoms. The zero-order chi connectivity index (χ0) is 28.7. The fraction of sp³-hybridized carbons (Fsp3) is 0.265. The molecule has 5 rings (SSSR count). The lowest BCUT2D eigenvalue weighted by molar-refractivity contribution is -0.0895. The standard InChI is InChI=1S/C34H35NO6/c1-38-30-20-12-19-28(32(30)39-2)34(25-15-8-4-9-16-25,26-17-10-5-11-18-26)41-31-22-27(21-29(31)36)35-33(37)40-23-24-13-6-3-7-14-24/h3-20,27,29,31,36H,21-23H2,1-2H3,(H,35,37). The fourth-order valence-electron chi connectivity index (χ4n) is 5.57. The van der Waals surface area contributed by atoms with E-state index >= 15 is 0 Å². The Hall–Kier alpha value is -4.33. The molecule has 7 nitrogen and oxygen atoms in total. The number of carbonyl (C=O) groups is 1. The Morgan fingerprint density at radius 3 is 2.00 bits per heavy atom. The Morgan fingerprint density at radius 2 is 1.41 bits per heavy atom. The molecule has 4 aromatic carbocycles. The van der Waals surface area contributed by atoms with E-state index in [1.54, 1.807) is 14.2 Å². The van der Waals surface area contributed by atoms with Crippen LogP contribution in [0.3, 0.4) is 0 Å². The van der Waals surface area contributed by atoms with E-state index in [9.17, 15) is 9.90 Å². The summed E-state index contributed by atoms with van der Waals surface area (Å²) < 4.78 is 24.1. The van der Waals surface area contributed by atoms with Crippen LogP contribution in [0.1, 0.15) is 35.1 Å². The van der Waals surface area contributed by atoms with Crippen molar-refractivity contribution in [1.82, 2.24) is 5.32 Å². The van der Waals surface area contributed by atoms with Gasteiger partial charge in [0.15, 0.2) is 11.5 Å². The maximum atomic E-state index is 12.6. The summed E-state index contributed by atoms with van der Waals surface area (Å²) in [6, 6.07) is 34.6. The summed E-state index contributed by atoms with van der Waals surface area (Å²) in [4.78, 5) is 12.6. The van der Waals surface area contributed by atoms with Crippen molar-refractivity contribution < 1.29 is 28.8 Å². The first-order valence-corrected chi connectivity index (χ1v) is 13.7. The normalized spacial score (nSPS) is 18.5. The lowest BCUT2D eigenvalue weighted by atomic mass is 9.79. The lowest BCUT2D eigenvalue weighted by Crippen LogP contribution is -2.40. The van der Waals surface area contributed by atoms with Crippen molar-refractivity contribution in [3.63, 3.8) is 0 Å². The molecule has 1 aliphatic carbocycles. The second-order valence-corrected chi connectivity index (χ2v) is 10.1. The molecular formula is C34H35NO6. The summed E-state index contributed by atoms with van der Waals surface area (Å²) in [6.07, 6.45) is -1.22. The van der Waals surface area contributed by atoms with Crippen LogP contribution in [0.5, 0.6) is 11.5 Å². The Labute approximate surface area is 240 Å². The zero-order valence-corrected chi connectivity index (χ0v) is 23.2. The van der Waals surface area contributed by atoms with Crippen molar-refractivity contribution in [2.45, 2.75) is 43.3 Å². The van der Waals surface area contributed by atoms with Gasteiger partial charge in [-0.3, -0.25) is 0 Å². The zero-order valence-electron chi connectivity index (χ0n) is 23.2. The van der Waals surface area contributed by atoms with Gasteiger partial charge in [-0.1, -0.05) is 103 Å². The van der Waals surface area contributed by atoms with Gasteiger partial charge in [0.2, 0.25) is 0 Å². The predicted octanol–water partition coefficient (Wildman–Crippen LogP) is 5.83. The number of methoxy groups -OCH3 is 2. The van der Waals surface area contributed by atoms with Crippen molar-refractivity contribution in [3.05, 3.63) is 131 Å². The number of para-hydroxylation sites is 1. The molecule has 0 aromatic heterocycles. The van der Waals surface area contributed by atoms with Gasteiger partial charge in [0.1, 0.15) is 12.2 Å². The number of benzene rings is 4.